The van der Waals surface area contributed by atoms with Gasteiger partial charge in [0.15, 0.2) is 5.65 Å². The molecule has 0 bridgehead atoms. The Morgan fingerprint density at radius 1 is 1.37 bits per heavy atom. The van der Waals surface area contributed by atoms with E-state index in [2.05, 4.69) is 20.8 Å². The van der Waals surface area contributed by atoms with Crippen molar-refractivity contribution in [2.24, 2.45) is 5.73 Å². The van der Waals surface area contributed by atoms with Crippen molar-refractivity contribution in [3.05, 3.63) is 23.0 Å². The number of carbonyl (C=O) groups excluding carboxylic acids is 1. The van der Waals surface area contributed by atoms with E-state index in [4.69, 9.17) is 15.8 Å². The van der Waals surface area contributed by atoms with E-state index in [-0.39, 0.29) is 42.3 Å². The number of rotatable bonds is 4. The van der Waals surface area contributed by atoms with Crippen LogP contribution in [0.5, 0.6) is 0 Å². The molecule has 2 aromatic rings. The standard InChI is InChI=1S/C19H29N5O.2ClH/c1-11(10-20)23(6)18(25)14-9-15(13-7-8-13)21-17-16(14)12(2)22-24(17)19(3,4)5;;/h9,11,13H,7-8,10,20H2,1-6H3;2*1H. The number of likely N-dealkylation sites (N-methyl/N-ethyl adjacent to an activating group) is 1. The number of nitrogens with two attached hydrogens (primary N) is 1. The fraction of sp³-hybridized carbons (Fsp3) is 0.632. The summed E-state index contributed by atoms with van der Waals surface area (Å²) in [6.07, 6.45) is 2.29. The Morgan fingerprint density at radius 2 is 1.96 bits per heavy atom. The molecule has 0 radical (unpaired) electrons. The number of carbonyl (C=O) groups is 1. The third-order valence-corrected chi connectivity index (χ3v) is 5.02. The molecule has 1 unspecified atom stereocenters. The summed E-state index contributed by atoms with van der Waals surface area (Å²) in [7, 11) is 1.81. The Balaban J connectivity index is 0.00000182. The maximum atomic E-state index is 13.2. The number of aromatic nitrogens is 3. The molecule has 3 rings (SSSR count). The van der Waals surface area contributed by atoms with Gasteiger partial charge in [-0.25, -0.2) is 9.67 Å². The van der Waals surface area contributed by atoms with Gasteiger partial charge >= 0.3 is 0 Å². The molecule has 0 aromatic carbocycles. The molecule has 2 heterocycles. The number of pyridine rings is 1. The molecule has 0 spiro atoms. The first-order valence-corrected chi connectivity index (χ1v) is 9.03. The van der Waals surface area contributed by atoms with Crippen LogP contribution >= 0.6 is 24.8 Å². The molecule has 0 aliphatic heterocycles. The third-order valence-electron chi connectivity index (χ3n) is 5.02. The molecule has 8 heteroatoms. The zero-order valence-electron chi connectivity index (χ0n) is 16.9. The summed E-state index contributed by atoms with van der Waals surface area (Å²) in [5.41, 5.74) is 8.92. The van der Waals surface area contributed by atoms with E-state index in [0.717, 1.165) is 35.3 Å². The van der Waals surface area contributed by atoms with Gasteiger partial charge in [0.05, 0.1) is 22.2 Å². The van der Waals surface area contributed by atoms with E-state index in [1.54, 1.807) is 4.90 Å². The second-order valence-electron chi connectivity index (χ2n) is 8.24. The van der Waals surface area contributed by atoms with Crippen LogP contribution in [0.2, 0.25) is 0 Å². The SMILES string of the molecule is Cc1nn(C(C)(C)C)c2nc(C3CC3)cc(C(=O)N(C)C(C)CN)c12.Cl.Cl. The third kappa shape index (κ3) is 4.39. The molecular formula is C19H31Cl2N5O. The summed E-state index contributed by atoms with van der Waals surface area (Å²) in [4.78, 5) is 19.8. The fourth-order valence-corrected chi connectivity index (χ4v) is 3.08. The van der Waals surface area contributed by atoms with Crippen molar-refractivity contribution in [1.82, 2.24) is 19.7 Å². The minimum absolute atomic E-state index is 0. The van der Waals surface area contributed by atoms with Gasteiger partial charge in [0, 0.05) is 31.2 Å². The molecular weight excluding hydrogens is 385 g/mol. The second-order valence-corrected chi connectivity index (χ2v) is 8.24. The van der Waals surface area contributed by atoms with Gasteiger partial charge < -0.3 is 10.6 Å². The Hall–Kier alpha value is -1.37. The first-order chi connectivity index (χ1) is 11.6. The zero-order chi connectivity index (χ0) is 18.5. The van der Waals surface area contributed by atoms with Crippen LogP contribution in [0.3, 0.4) is 0 Å². The average Bonchev–Trinajstić information content (AvgIpc) is 3.35. The molecule has 2 N–H and O–H groups in total. The Labute approximate surface area is 173 Å². The normalized spacial score (nSPS) is 15.1. The van der Waals surface area contributed by atoms with E-state index in [1.165, 1.54) is 0 Å². The Bertz CT molecular complexity index is 824. The van der Waals surface area contributed by atoms with Crippen molar-refractivity contribution in [1.29, 1.82) is 0 Å². The number of halogens is 2. The minimum Gasteiger partial charge on any atom is -0.338 e. The number of hydrogen-bond donors (Lipinski definition) is 1. The second kappa shape index (κ2) is 8.33. The highest BCUT2D eigenvalue weighted by molar-refractivity contribution is 6.06. The van der Waals surface area contributed by atoms with Crippen LogP contribution in [0.25, 0.3) is 11.0 Å². The molecule has 27 heavy (non-hydrogen) atoms. The number of amides is 1. The van der Waals surface area contributed by atoms with Gasteiger partial charge in [0.2, 0.25) is 0 Å². The van der Waals surface area contributed by atoms with Crippen LogP contribution in [-0.2, 0) is 5.54 Å². The quantitative estimate of drug-likeness (QED) is 0.826. The molecule has 6 nitrogen and oxygen atoms in total. The van der Waals surface area contributed by atoms with E-state index >= 15 is 0 Å². The van der Waals surface area contributed by atoms with Crippen molar-refractivity contribution in [2.75, 3.05) is 13.6 Å². The largest absolute Gasteiger partial charge is 0.338 e. The molecule has 2 aromatic heterocycles. The fourth-order valence-electron chi connectivity index (χ4n) is 3.08. The monoisotopic (exact) mass is 415 g/mol. The van der Waals surface area contributed by atoms with E-state index in [1.807, 2.05) is 31.6 Å². The lowest BCUT2D eigenvalue weighted by Crippen LogP contribution is -2.39. The maximum absolute atomic E-state index is 13.2. The topological polar surface area (TPSA) is 77.0 Å². The molecule has 1 atom stereocenters. The van der Waals surface area contributed by atoms with Crippen LogP contribution in [0, 0.1) is 6.92 Å². The molecule has 1 amide bonds. The van der Waals surface area contributed by atoms with Crippen LogP contribution in [0.4, 0.5) is 0 Å². The predicted molar refractivity (Wildman–Crippen MR) is 114 cm³/mol. The number of fused-ring (bicyclic) bond motifs is 1. The van der Waals surface area contributed by atoms with E-state index in [0.29, 0.717) is 18.0 Å². The maximum Gasteiger partial charge on any atom is 0.254 e. The van der Waals surface area contributed by atoms with Crippen molar-refractivity contribution >= 4 is 41.8 Å². The zero-order valence-corrected chi connectivity index (χ0v) is 18.6. The van der Waals surface area contributed by atoms with Crippen molar-refractivity contribution < 1.29 is 4.79 Å². The van der Waals surface area contributed by atoms with Crippen LogP contribution in [-0.4, -0.2) is 45.2 Å². The summed E-state index contributed by atoms with van der Waals surface area (Å²) < 4.78 is 1.95. The number of hydrogen-bond acceptors (Lipinski definition) is 4. The van der Waals surface area contributed by atoms with E-state index in [9.17, 15) is 4.79 Å². The first-order valence-electron chi connectivity index (χ1n) is 9.03. The molecule has 1 aliphatic rings. The van der Waals surface area contributed by atoms with Gasteiger partial charge in [-0.15, -0.1) is 24.8 Å². The van der Waals surface area contributed by atoms with Gasteiger partial charge in [0.1, 0.15) is 0 Å². The van der Waals surface area contributed by atoms with Gasteiger partial charge in [-0.1, -0.05) is 0 Å². The summed E-state index contributed by atoms with van der Waals surface area (Å²) in [5.74, 6) is 0.459. The number of nitrogens with zero attached hydrogens (tertiary/aromatic N) is 4. The molecule has 1 fully saturated rings. The van der Waals surface area contributed by atoms with Crippen LogP contribution in [0.1, 0.15) is 68.2 Å². The molecule has 1 aliphatic carbocycles. The van der Waals surface area contributed by atoms with Gasteiger partial charge in [-0.05, 0) is 53.5 Å². The summed E-state index contributed by atoms with van der Waals surface area (Å²) >= 11 is 0. The summed E-state index contributed by atoms with van der Waals surface area (Å²) in [6.45, 7) is 10.7. The van der Waals surface area contributed by atoms with E-state index < -0.39 is 0 Å². The van der Waals surface area contributed by atoms with Crippen molar-refractivity contribution in [2.45, 2.75) is 65.0 Å². The van der Waals surface area contributed by atoms with Gasteiger partial charge in [0.25, 0.3) is 5.91 Å². The first kappa shape index (κ1) is 23.7. The Kier molecular flexibility index (Phi) is 7.30. The predicted octanol–water partition coefficient (Wildman–Crippen LogP) is 3.63. The van der Waals surface area contributed by atoms with Crippen molar-refractivity contribution in [3.63, 3.8) is 0 Å². The van der Waals surface area contributed by atoms with Crippen LogP contribution in [0.15, 0.2) is 6.07 Å². The summed E-state index contributed by atoms with van der Waals surface area (Å²) in [6, 6.07) is 1.96. The summed E-state index contributed by atoms with van der Waals surface area (Å²) in [5, 5.41) is 5.57. The van der Waals surface area contributed by atoms with Crippen molar-refractivity contribution in [3.8, 4) is 0 Å². The highest BCUT2D eigenvalue weighted by Crippen LogP contribution is 2.41. The molecule has 1 saturated carbocycles. The van der Waals surface area contributed by atoms with Gasteiger partial charge in [-0.3, -0.25) is 4.79 Å². The lowest BCUT2D eigenvalue weighted by atomic mass is 10.0. The highest BCUT2D eigenvalue weighted by atomic mass is 35.5. The van der Waals surface area contributed by atoms with Crippen LogP contribution < -0.4 is 5.73 Å². The smallest absolute Gasteiger partial charge is 0.254 e. The average molecular weight is 416 g/mol. The lowest BCUT2D eigenvalue weighted by molar-refractivity contribution is 0.0750. The lowest BCUT2D eigenvalue weighted by Gasteiger charge is -2.24. The minimum atomic E-state index is -0.196. The molecule has 152 valence electrons. The van der Waals surface area contributed by atoms with Gasteiger partial charge in [-0.2, -0.15) is 5.10 Å². The molecule has 0 saturated heterocycles. The number of aryl methyl sites for hydroxylation is 1. The Morgan fingerprint density at radius 3 is 2.44 bits per heavy atom. The highest BCUT2D eigenvalue weighted by Gasteiger charge is 2.31.